The molecule has 0 aliphatic heterocycles. The first-order valence-corrected chi connectivity index (χ1v) is 4.10. The van der Waals surface area contributed by atoms with Crippen molar-refractivity contribution < 1.29 is 0 Å². The molecule has 1 unspecified atom stereocenters. The van der Waals surface area contributed by atoms with Crippen LogP contribution >= 0.6 is 0 Å². The molecule has 1 radical (unpaired) electrons. The van der Waals surface area contributed by atoms with Crippen molar-refractivity contribution in [3.63, 3.8) is 0 Å². The van der Waals surface area contributed by atoms with E-state index in [9.17, 15) is 0 Å². The minimum absolute atomic E-state index is 0.749. The summed E-state index contributed by atoms with van der Waals surface area (Å²) in [7, 11) is 0. The number of hydrogen-bond donors (Lipinski definition) is 0. The molecule has 0 aromatic heterocycles. The largest absolute Gasteiger partial charge is 0.120 e. The van der Waals surface area contributed by atoms with Crippen molar-refractivity contribution in [2.24, 2.45) is 5.92 Å². The molecule has 0 aromatic rings. The van der Waals surface area contributed by atoms with Crippen LogP contribution in [0.3, 0.4) is 0 Å². The smallest absolute Gasteiger partial charge is 0.0120 e. The van der Waals surface area contributed by atoms with Gasteiger partial charge in [-0.1, -0.05) is 19.8 Å². The zero-order valence-corrected chi connectivity index (χ0v) is 6.69. The van der Waals surface area contributed by atoms with Crippen molar-refractivity contribution in [2.45, 2.75) is 39.0 Å². The molecular formula is C10H15. The average molecular weight is 135 g/mol. The van der Waals surface area contributed by atoms with E-state index in [1.54, 1.807) is 5.92 Å². The molecule has 1 fully saturated rings. The molecule has 10 heavy (non-hydrogen) atoms. The van der Waals surface area contributed by atoms with E-state index in [-0.39, 0.29) is 0 Å². The summed E-state index contributed by atoms with van der Waals surface area (Å²) in [6, 6.07) is 0. The normalized spacial score (nSPS) is 27.8. The van der Waals surface area contributed by atoms with Gasteiger partial charge in [0.05, 0.1) is 0 Å². The third kappa shape index (κ3) is 1.77. The Bertz CT molecular complexity index is 129. The number of rotatable bonds is 1. The van der Waals surface area contributed by atoms with Crippen LogP contribution in [0.4, 0.5) is 0 Å². The second kappa shape index (κ2) is 3.66. The van der Waals surface area contributed by atoms with E-state index in [1.807, 2.05) is 0 Å². The minimum Gasteiger partial charge on any atom is -0.120 e. The maximum absolute atomic E-state index is 5.26. The molecule has 0 N–H and O–H groups in total. The molecule has 1 atom stereocenters. The third-order valence-corrected chi connectivity index (χ3v) is 2.43. The Morgan fingerprint density at radius 3 is 3.00 bits per heavy atom. The molecule has 0 amide bonds. The van der Waals surface area contributed by atoms with Crippen LogP contribution in [-0.2, 0) is 0 Å². The quantitative estimate of drug-likeness (QED) is 0.485. The zero-order valence-electron chi connectivity index (χ0n) is 6.69. The molecular weight excluding hydrogens is 120 g/mol. The van der Waals surface area contributed by atoms with E-state index in [1.165, 1.54) is 25.7 Å². The molecule has 1 saturated carbocycles. The molecule has 1 aliphatic rings. The van der Waals surface area contributed by atoms with Gasteiger partial charge in [0.25, 0.3) is 0 Å². The minimum atomic E-state index is 0.749. The monoisotopic (exact) mass is 135 g/mol. The predicted octanol–water partition coefficient (Wildman–Crippen LogP) is 2.79. The Morgan fingerprint density at radius 2 is 2.40 bits per heavy atom. The average Bonchev–Trinajstić information content (AvgIpc) is 1.94. The number of hydrogen-bond acceptors (Lipinski definition) is 0. The van der Waals surface area contributed by atoms with Gasteiger partial charge >= 0.3 is 0 Å². The Labute approximate surface area is 64.0 Å². The maximum atomic E-state index is 5.26. The third-order valence-electron chi connectivity index (χ3n) is 2.43. The number of terminal acetylenes is 1. The van der Waals surface area contributed by atoms with Crippen LogP contribution in [-0.4, -0.2) is 0 Å². The molecule has 1 rings (SSSR count). The van der Waals surface area contributed by atoms with Crippen LogP contribution in [0.5, 0.6) is 0 Å². The van der Waals surface area contributed by atoms with Crippen LogP contribution in [0.2, 0.25) is 0 Å². The van der Waals surface area contributed by atoms with Gasteiger partial charge in [0.2, 0.25) is 0 Å². The molecule has 0 nitrogen and oxygen atoms in total. The van der Waals surface area contributed by atoms with E-state index >= 15 is 0 Å². The summed E-state index contributed by atoms with van der Waals surface area (Å²) in [5, 5.41) is 0. The van der Waals surface area contributed by atoms with Gasteiger partial charge in [0.1, 0.15) is 0 Å². The summed E-state index contributed by atoms with van der Waals surface area (Å²) in [6.45, 7) is 2.25. The van der Waals surface area contributed by atoms with E-state index in [4.69, 9.17) is 6.42 Å². The highest BCUT2D eigenvalue weighted by Crippen LogP contribution is 2.32. The first kappa shape index (κ1) is 7.66. The van der Waals surface area contributed by atoms with E-state index in [0.717, 1.165) is 12.3 Å². The molecule has 0 saturated heterocycles. The highest BCUT2D eigenvalue weighted by atomic mass is 14.2. The predicted molar refractivity (Wildman–Crippen MR) is 44.3 cm³/mol. The van der Waals surface area contributed by atoms with Gasteiger partial charge in [-0.3, -0.25) is 0 Å². The van der Waals surface area contributed by atoms with Gasteiger partial charge in [0.15, 0.2) is 0 Å². The van der Waals surface area contributed by atoms with Crippen LogP contribution in [0.15, 0.2) is 0 Å². The maximum Gasteiger partial charge on any atom is 0.0120 e. The Morgan fingerprint density at radius 1 is 1.60 bits per heavy atom. The van der Waals surface area contributed by atoms with Crippen LogP contribution in [0.1, 0.15) is 39.0 Å². The van der Waals surface area contributed by atoms with Crippen molar-refractivity contribution in [1.29, 1.82) is 0 Å². The van der Waals surface area contributed by atoms with Crippen molar-refractivity contribution in [3.8, 4) is 12.3 Å². The SMILES string of the molecule is C#CCC1CCCC[C]1C. The summed E-state index contributed by atoms with van der Waals surface area (Å²) >= 11 is 0. The molecule has 0 aromatic carbocycles. The molecule has 0 heterocycles. The van der Waals surface area contributed by atoms with Gasteiger partial charge < -0.3 is 0 Å². The first-order chi connectivity index (χ1) is 4.84. The Kier molecular flexibility index (Phi) is 2.81. The highest BCUT2D eigenvalue weighted by molar-refractivity contribution is 5.01. The fourth-order valence-corrected chi connectivity index (χ4v) is 1.66. The topological polar surface area (TPSA) is 0 Å². The summed E-state index contributed by atoms with van der Waals surface area (Å²) < 4.78 is 0. The lowest BCUT2D eigenvalue weighted by Gasteiger charge is -2.26. The molecule has 55 valence electrons. The van der Waals surface area contributed by atoms with Gasteiger partial charge in [-0.05, 0) is 24.7 Å². The van der Waals surface area contributed by atoms with E-state index in [2.05, 4.69) is 12.8 Å². The Hall–Kier alpha value is -0.440. The van der Waals surface area contributed by atoms with Gasteiger partial charge in [0, 0.05) is 6.42 Å². The fraction of sp³-hybridized carbons (Fsp3) is 0.700. The molecule has 0 heteroatoms. The lowest BCUT2D eigenvalue weighted by atomic mass is 9.79. The zero-order chi connectivity index (χ0) is 7.40. The van der Waals surface area contributed by atoms with Gasteiger partial charge in [-0.15, -0.1) is 12.3 Å². The van der Waals surface area contributed by atoms with Gasteiger partial charge in [-0.25, -0.2) is 0 Å². The van der Waals surface area contributed by atoms with Crippen molar-refractivity contribution >= 4 is 0 Å². The molecule has 1 aliphatic carbocycles. The summed E-state index contributed by atoms with van der Waals surface area (Å²) in [4.78, 5) is 0. The van der Waals surface area contributed by atoms with Crippen LogP contribution in [0.25, 0.3) is 0 Å². The lowest BCUT2D eigenvalue weighted by molar-refractivity contribution is 0.403. The van der Waals surface area contributed by atoms with Crippen molar-refractivity contribution in [3.05, 3.63) is 5.92 Å². The lowest BCUT2D eigenvalue weighted by Crippen LogP contribution is -2.13. The first-order valence-electron chi connectivity index (χ1n) is 4.10. The summed E-state index contributed by atoms with van der Waals surface area (Å²) in [5.74, 6) is 5.12. The van der Waals surface area contributed by atoms with E-state index in [0.29, 0.717) is 0 Å². The van der Waals surface area contributed by atoms with Crippen LogP contribution in [0, 0.1) is 24.2 Å². The standard InChI is InChI=1S/C10H15/c1-3-6-10-8-5-4-7-9(10)2/h1,10H,4-8H2,2H3. The second-order valence-electron chi connectivity index (χ2n) is 3.20. The van der Waals surface area contributed by atoms with Crippen molar-refractivity contribution in [2.75, 3.05) is 0 Å². The van der Waals surface area contributed by atoms with E-state index < -0.39 is 0 Å². The van der Waals surface area contributed by atoms with Crippen molar-refractivity contribution in [1.82, 2.24) is 0 Å². The molecule has 0 spiro atoms. The summed E-state index contributed by atoms with van der Waals surface area (Å²) in [5.41, 5.74) is 0. The van der Waals surface area contributed by atoms with Gasteiger partial charge in [-0.2, -0.15) is 0 Å². The second-order valence-corrected chi connectivity index (χ2v) is 3.20. The Balaban J connectivity index is 2.34. The highest BCUT2D eigenvalue weighted by Gasteiger charge is 2.20. The van der Waals surface area contributed by atoms with Crippen LogP contribution < -0.4 is 0 Å². The fourth-order valence-electron chi connectivity index (χ4n) is 1.66. The molecule has 0 bridgehead atoms. The summed E-state index contributed by atoms with van der Waals surface area (Å²) in [6.07, 6.45) is 11.6.